The number of para-hydroxylation sites is 1. The number of rotatable bonds is 5. The highest BCUT2D eigenvalue weighted by Crippen LogP contribution is 2.38. The topological polar surface area (TPSA) is 49.4 Å². The summed E-state index contributed by atoms with van der Waals surface area (Å²) in [6, 6.07) is 8.01. The van der Waals surface area contributed by atoms with Crippen LogP contribution in [0.4, 0.5) is 5.69 Å². The Balaban J connectivity index is 1.65. The Morgan fingerprint density at radius 2 is 2.04 bits per heavy atom. The van der Waals surface area contributed by atoms with E-state index in [4.69, 9.17) is 0 Å². The van der Waals surface area contributed by atoms with Gasteiger partial charge in [0.1, 0.15) is 0 Å². The quantitative estimate of drug-likeness (QED) is 0.897. The van der Waals surface area contributed by atoms with Gasteiger partial charge in [-0.05, 0) is 31.9 Å². The molecule has 0 unspecified atom stereocenters. The summed E-state index contributed by atoms with van der Waals surface area (Å²) >= 11 is 1.88. The van der Waals surface area contributed by atoms with Gasteiger partial charge in [0.15, 0.2) is 0 Å². The van der Waals surface area contributed by atoms with Crippen LogP contribution in [0.2, 0.25) is 0 Å². The zero-order valence-electron chi connectivity index (χ0n) is 13.6. The van der Waals surface area contributed by atoms with E-state index in [1.165, 1.54) is 25.7 Å². The molecule has 0 aromatic heterocycles. The molecule has 0 spiro atoms. The number of carbonyl (C=O) groups excluding carboxylic acids is 2. The minimum absolute atomic E-state index is 0.0335. The SMILES string of the molecule is CCN1C[C@@H](C(=O)Nc2ccccc2SC2CCCC2)CC1=O. The maximum atomic E-state index is 12.5. The van der Waals surface area contributed by atoms with Crippen molar-refractivity contribution in [3.63, 3.8) is 0 Å². The molecule has 0 radical (unpaired) electrons. The van der Waals surface area contributed by atoms with Crippen molar-refractivity contribution in [1.29, 1.82) is 0 Å². The van der Waals surface area contributed by atoms with Gasteiger partial charge in [0.05, 0.1) is 11.6 Å². The molecule has 1 aliphatic carbocycles. The van der Waals surface area contributed by atoms with Crippen molar-refractivity contribution in [2.24, 2.45) is 5.92 Å². The first-order valence-electron chi connectivity index (χ1n) is 8.51. The summed E-state index contributed by atoms with van der Waals surface area (Å²) in [4.78, 5) is 27.2. The molecule has 1 aromatic carbocycles. The van der Waals surface area contributed by atoms with Crippen LogP contribution in [0.15, 0.2) is 29.2 Å². The third kappa shape index (κ3) is 3.89. The summed E-state index contributed by atoms with van der Waals surface area (Å²) in [7, 11) is 0. The van der Waals surface area contributed by atoms with Crippen LogP contribution in [0, 0.1) is 5.92 Å². The maximum absolute atomic E-state index is 12.5. The zero-order valence-corrected chi connectivity index (χ0v) is 14.4. The summed E-state index contributed by atoms with van der Waals surface area (Å²) < 4.78 is 0. The Bertz CT molecular complexity index is 584. The van der Waals surface area contributed by atoms with Crippen LogP contribution in [0.25, 0.3) is 0 Å². The van der Waals surface area contributed by atoms with Gasteiger partial charge in [-0.25, -0.2) is 0 Å². The van der Waals surface area contributed by atoms with E-state index in [1.807, 2.05) is 36.9 Å². The lowest BCUT2D eigenvalue weighted by molar-refractivity contribution is -0.128. The normalized spacial score (nSPS) is 21.9. The van der Waals surface area contributed by atoms with Gasteiger partial charge in [-0.15, -0.1) is 11.8 Å². The molecule has 124 valence electrons. The molecule has 2 fully saturated rings. The number of carbonyl (C=O) groups is 2. The highest BCUT2D eigenvalue weighted by atomic mass is 32.2. The number of nitrogens with zero attached hydrogens (tertiary/aromatic N) is 1. The Morgan fingerprint density at radius 1 is 1.30 bits per heavy atom. The summed E-state index contributed by atoms with van der Waals surface area (Å²) in [5.74, 6) is -0.179. The largest absolute Gasteiger partial charge is 0.342 e. The second-order valence-electron chi connectivity index (χ2n) is 6.34. The minimum Gasteiger partial charge on any atom is -0.342 e. The van der Waals surface area contributed by atoms with E-state index in [1.54, 1.807) is 4.90 Å². The fourth-order valence-corrected chi connectivity index (χ4v) is 4.68. The smallest absolute Gasteiger partial charge is 0.229 e. The van der Waals surface area contributed by atoms with Crippen molar-refractivity contribution >= 4 is 29.3 Å². The van der Waals surface area contributed by atoms with Crippen LogP contribution in [0.5, 0.6) is 0 Å². The average Bonchev–Trinajstić information content (AvgIpc) is 3.18. The predicted octanol–water partition coefficient (Wildman–Crippen LogP) is 3.53. The number of hydrogen-bond acceptors (Lipinski definition) is 3. The predicted molar refractivity (Wildman–Crippen MR) is 93.5 cm³/mol. The molecule has 1 heterocycles. The third-order valence-electron chi connectivity index (χ3n) is 4.71. The van der Waals surface area contributed by atoms with Gasteiger partial charge < -0.3 is 10.2 Å². The van der Waals surface area contributed by atoms with Gasteiger partial charge in [-0.2, -0.15) is 0 Å². The number of thioether (sulfide) groups is 1. The standard InChI is InChI=1S/C18H24N2O2S/c1-2-20-12-13(11-17(20)21)18(22)19-15-9-5-6-10-16(15)23-14-7-3-4-8-14/h5-6,9-10,13-14H,2-4,7-8,11-12H2,1H3,(H,19,22)/t13-/m0/s1. The highest BCUT2D eigenvalue weighted by Gasteiger charge is 2.33. The van der Waals surface area contributed by atoms with E-state index in [2.05, 4.69) is 11.4 Å². The Morgan fingerprint density at radius 3 is 2.74 bits per heavy atom. The van der Waals surface area contributed by atoms with E-state index in [0.29, 0.717) is 24.8 Å². The summed E-state index contributed by atoms with van der Waals surface area (Å²) in [6.07, 6.45) is 5.47. The Kier molecular flexibility index (Phi) is 5.26. The van der Waals surface area contributed by atoms with Crippen molar-refractivity contribution in [1.82, 2.24) is 4.90 Å². The van der Waals surface area contributed by atoms with Crippen LogP contribution in [-0.4, -0.2) is 35.1 Å². The molecular formula is C18H24N2O2S. The number of benzene rings is 1. The fraction of sp³-hybridized carbons (Fsp3) is 0.556. The number of anilines is 1. The number of hydrogen-bond donors (Lipinski definition) is 1. The van der Waals surface area contributed by atoms with Crippen LogP contribution in [-0.2, 0) is 9.59 Å². The molecule has 1 aliphatic heterocycles. The van der Waals surface area contributed by atoms with Crippen molar-refractivity contribution in [3.05, 3.63) is 24.3 Å². The number of amides is 2. The van der Waals surface area contributed by atoms with Gasteiger partial charge in [-0.1, -0.05) is 25.0 Å². The molecule has 0 bridgehead atoms. The molecular weight excluding hydrogens is 308 g/mol. The fourth-order valence-electron chi connectivity index (χ4n) is 3.35. The molecule has 4 nitrogen and oxygen atoms in total. The van der Waals surface area contributed by atoms with Gasteiger partial charge in [0, 0.05) is 29.7 Å². The number of nitrogens with one attached hydrogen (secondary N) is 1. The van der Waals surface area contributed by atoms with Crippen LogP contribution in [0.3, 0.4) is 0 Å². The molecule has 1 aromatic rings. The zero-order chi connectivity index (χ0) is 16.2. The van der Waals surface area contributed by atoms with E-state index in [9.17, 15) is 9.59 Å². The lowest BCUT2D eigenvalue weighted by atomic mass is 10.1. The van der Waals surface area contributed by atoms with Gasteiger partial charge >= 0.3 is 0 Å². The molecule has 1 saturated carbocycles. The van der Waals surface area contributed by atoms with E-state index < -0.39 is 0 Å². The first-order chi connectivity index (χ1) is 11.2. The third-order valence-corrected chi connectivity index (χ3v) is 6.12. The van der Waals surface area contributed by atoms with Crippen LogP contribution >= 0.6 is 11.8 Å². The minimum atomic E-state index is -0.230. The molecule has 1 saturated heterocycles. The second-order valence-corrected chi connectivity index (χ2v) is 7.69. The van der Waals surface area contributed by atoms with Crippen molar-refractivity contribution < 1.29 is 9.59 Å². The number of likely N-dealkylation sites (tertiary alicyclic amines) is 1. The monoisotopic (exact) mass is 332 g/mol. The molecule has 23 heavy (non-hydrogen) atoms. The first-order valence-corrected chi connectivity index (χ1v) is 9.39. The van der Waals surface area contributed by atoms with Crippen molar-refractivity contribution in [3.8, 4) is 0 Å². The molecule has 3 rings (SSSR count). The molecule has 1 N–H and O–H groups in total. The molecule has 2 amide bonds. The molecule has 1 atom stereocenters. The van der Waals surface area contributed by atoms with Gasteiger partial charge in [0.2, 0.25) is 11.8 Å². The molecule has 5 heteroatoms. The Hall–Kier alpha value is -1.49. The highest BCUT2D eigenvalue weighted by molar-refractivity contribution is 8.00. The van der Waals surface area contributed by atoms with Crippen molar-refractivity contribution in [2.75, 3.05) is 18.4 Å². The lowest BCUT2D eigenvalue weighted by Crippen LogP contribution is -2.28. The van der Waals surface area contributed by atoms with Crippen LogP contribution < -0.4 is 5.32 Å². The van der Waals surface area contributed by atoms with Crippen LogP contribution in [0.1, 0.15) is 39.0 Å². The molecule has 2 aliphatic rings. The van der Waals surface area contributed by atoms with E-state index in [0.717, 1.165) is 10.6 Å². The Labute approximate surface area is 142 Å². The summed E-state index contributed by atoms with van der Waals surface area (Å²) in [5.41, 5.74) is 0.886. The lowest BCUT2D eigenvalue weighted by Gasteiger charge is -2.16. The average molecular weight is 332 g/mol. The summed E-state index contributed by atoms with van der Waals surface area (Å²) in [5, 5.41) is 3.72. The second kappa shape index (κ2) is 7.39. The first kappa shape index (κ1) is 16.4. The van der Waals surface area contributed by atoms with E-state index in [-0.39, 0.29) is 17.7 Å². The maximum Gasteiger partial charge on any atom is 0.229 e. The summed E-state index contributed by atoms with van der Waals surface area (Å²) in [6.45, 7) is 3.17. The van der Waals surface area contributed by atoms with Gasteiger partial charge in [0.25, 0.3) is 0 Å². The van der Waals surface area contributed by atoms with Crippen molar-refractivity contribution in [2.45, 2.75) is 49.2 Å². The van der Waals surface area contributed by atoms with E-state index >= 15 is 0 Å². The van der Waals surface area contributed by atoms with Gasteiger partial charge in [-0.3, -0.25) is 9.59 Å².